The van der Waals surface area contributed by atoms with E-state index in [1.807, 2.05) is 24.3 Å². The molecule has 1 amide bonds. The molecule has 1 N–H and O–H groups in total. The highest BCUT2D eigenvalue weighted by atomic mass is 16.5. The first kappa shape index (κ1) is 25.2. The van der Waals surface area contributed by atoms with Crippen molar-refractivity contribution >= 4 is 11.9 Å². The van der Waals surface area contributed by atoms with Gasteiger partial charge in [0, 0.05) is 6.54 Å². The van der Waals surface area contributed by atoms with Gasteiger partial charge in [0.15, 0.2) is 0 Å². The maximum absolute atomic E-state index is 12.3. The summed E-state index contributed by atoms with van der Waals surface area (Å²) in [5.41, 5.74) is 4.50. The molecular weight excluding hydrogens is 438 g/mol. The van der Waals surface area contributed by atoms with Crippen molar-refractivity contribution in [2.24, 2.45) is 5.92 Å². The largest absolute Gasteiger partial charge is 0.465 e. The lowest BCUT2D eigenvalue weighted by Gasteiger charge is -2.19. The van der Waals surface area contributed by atoms with Crippen LogP contribution in [0.4, 0.5) is 0 Å². The van der Waals surface area contributed by atoms with Gasteiger partial charge in [-0.3, -0.25) is 9.59 Å². The Morgan fingerprint density at radius 3 is 2.17 bits per heavy atom. The van der Waals surface area contributed by atoms with E-state index in [4.69, 9.17) is 9.47 Å². The van der Waals surface area contributed by atoms with E-state index >= 15 is 0 Å². The van der Waals surface area contributed by atoms with E-state index in [-0.39, 0.29) is 31.0 Å². The van der Waals surface area contributed by atoms with Gasteiger partial charge in [-0.05, 0) is 34.6 Å². The molecule has 0 spiro atoms. The topological polar surface area (TPSA) is 64.6 Å². The number of esters is 1. The summed E-state index contributed by atoms with van der Waals surface area (Å²) < 4.78 is 11.4. The molecule has 2 aliphatic rings. The number of carbonyl (C=O) groups excluding carboxylic acids is 2. The monoisotopic (exact) mass is 475 g/mol. The summed E-state index contributed by atoms with van der Waals surface area (Å²) in [6.45, 7) is 0.846. The standard InChI is InChI=1S/C30H37NO4/c32-28(22-35-30-26-16-8-6-14-24(26)25-15-7-9-17-27(25)30)31-20-11-10-18-29(33)34-21-19-23-12-4-2-1-3-5-13-23/h6-11,14-17,23,30H,1-5,12-13,18-22H2,(H,31,32)/b11-10+. The van der Waals surface area contributed by atoms with Crippen molar-refractivity contribution in [1.29, 1.82) is 0 Å². The Kier molecular flexibility index (Phi) is 9.53. The zero-order valence-corrected chi connectivity index (χ0v) is 20.5. The van der Waals surface area contributed by atoms with E-state index in [0.29, 0.717) is 19.1 Å². The molecule has 0 aliphatic heterocycles. The second-order valence-electron chi connectivity index (χ2n) is 9.57. The Morgan fingerprint density at radius 1 is 0.857 bits per heavy atom. The normalized spacial score (nSPS) is 16.3. The molecule has 5 nitrogen and oxygen atoms in total. The molecule has 0 saturated heterocycles. The van der Waals surface area contributed by atoms with Crippen LogP contribution in [0.3, 0.4) is 0 Å². The van der Waals surface area contributed by atoms with Gasteiger partial charge in [-0.25, -0.2) is 0 Å². The SMILES string of the molecule is O=C(COC1c2ccccc2-c2ccccc21)NC/C=C/CC(=O)OCCC1CCCCCCC1. The van der Waals surface area contributed by atoms with Gasteiger partial charge in [0.05, 0.1) is 13.0 Å². The maximum atomic E-state index is 12.3. The molecule has 0 aromatic heterocycles. The molecule has 35 heavy (non-hydrogen) atoms. The van der Waals surface area contributed by atoms with Crippen molar-refractivity contribution in [3.8, 4) is 11.1 Å². The molecule has 4 rings (SSSR count). The highest BCUT2D eigenvalue weighted by Gasteiger charge is 2.29. The predicted molar refractivity (Wildman–Crippen MR) is 138 cm³/mol. The lowest BCUT2D eigenvalue weighted by molar-refractivity contribution is -0.143. The first-order chi connectivity index (χ1) is 17.2. The first-order valence-electron chi connectivity index (χ1n) is 13.1. The minimum atomic E-state index is -0.235. The molecule has 2 aliphatic carbocycles. The smallest absolute Gasteiger partial charge is 0.309 e. The fraction of sp³-hybridized carbons (Fsp3) is 0.467. The van der Waals surface area contributed by atoms with Crippen LogP contribution < -0.4 is 5.32 Å². The van der Waals surface area contributed by atoms with Gasteiger partial charge in [-0.2, -0.15) is 0 Å². The average Bonchev–Trinajstić information content (AvgIpc) is 3.17. The number of amides is 1. The Hall–Kier alpha value is -2.92. The van der Waals surface area contributed by atoms with Gasteiger partial charge in [-0.15, -0.1) is 0 Å². The summed E-state index contributed by atoms with van der Waals surface area (Å²) in [5.74, 6) is 0.306. The van der Waals surface area contributed by atoms with Crippen LogP contribution in [0.15, 0.2) is 60.7 Å². The fourth-order valence-electron chi connectivity index (χ4n) is 5.16. The molecule has 0 heterocycles. The van der Waals surface area contributed by atoms with Crippen LogP contribution in [0.2, 0.25) is 0 Å². The number of benzene rings is 2. The molecule has 2 aromatic rings. The van der Waals surface area contributed by atoms with Crippen LogP contribution >= 0.6 is 0 Å². The predicted octanol–water partition coefficient (Wildman–Crippen LogP) is 6.13. The van der Waals surface area contributed by atoms with Crippen LogP contribution in [0, 0.1) is 5.92 Å². The van der Waals surface area contributed by atoms with Crippen molar-refractivity contribution in [3.63, 3.8) is 0 Å². The average molecular weight is 476 g/mol. The number of rotatable bonds is 10. The van der Waals surface area contributed by atoms with Crippen LogP contribution in [0.1, 0.15) is 75.0 Å². The second-order valence-corrected chi connectivity index (χ2v) is 9.57. The molecule has 1 fully saturated rings. The van der Waals surface area contributed by atoms with Gasteiger partial charge in [0.1, 0.15) is 12.7 Å². The zero-order chi connectivity index (χ0) is 24.3. The van der Waals surface area contributed by atoms with E-state index in [9.17, 15) is 9.59 Å². The molecular formula is C30H37NO4. The van der Waals surface area contributed by atoms with Crippen molar-refractivity contribution in [2.45, 2.75) is 63.9 Å². The minimum Gasteiger partial charge on any atom is -0.465 e. The van der Waals surface area contributed by atoms with Crippen LogP contribution in [-0.4, -0.2) is 31.6 Å². The van der Waals surface area contributed by atoms with Crippen LogP contribution in [0.5, 0.6) is 0 Å². The molecule has 5 heteroatoms. The molecule has 0 atom stereocenters. The van der Waals surface area contributed by atoms with Crippen molar-refractivity contribution in [3.05, 3.63) is 71.8 Å². The summed E-state index contributed by atoms with van der Waals surface area (Å²) in [4.78, 5) is 24.3. The third-order valence-electron chi connectivity index (χ3n) is 7.04. The molecule has 0 radical (unpaired) electrons. The van der Waals surface area contributed by atoms with Gasteiger partial charge in [-0.1, -0.05) is 106 Å². The number of hydrogen-bond donors (Lipinski definition) is 1. The summed E-state index contributed by atoms with van der Waals surface area (Å²) in [7, 11) is 0. The molecule has 0 bridgehead atoms. The van der Waals surface area contributed by atoms with E-state index in [1.54, 1.807) is 12.2 Å². The lowest BCUT2D eigenvalue weighted by Crippen LogP contribution is -2.28. The van der Waals surface area contributed by atoms with E-state index in [0.717, 1.165) is 28.7 Å². The number of carbonyl (C=O) groups is 2. The highest BCUT2D eigenvalue weighted by molar-refractivity contribution is 5.79. The second kappa shape index (κ2) is 13.2. The van der Waals surface area contributed by atoms with Crippen LogP contribution in [-0.2, 0) is 19.1 Å². The molecule has 0 unspecified atom stereocenters. The first-order valence-corrected chi connectivity index (χ1v) is 13.1. The van der Waals surface area contributed by atoms with Gasteiger partial charge in [0.2, 0.25) is 5.91 Å². The van der Waals surface area contributed by atoms with Crippen LogP contribution in [0.25, 0.3) is 11.1 Å². The third kappa shape index (κ3) is 7.28. The van der Waals surface area contributed by atoms with Gasteiger partial charge >= 0.3 is 5.97 Å². The summed E-state index contributed by atoms with van der Waals surface area (Å²) >= 11 is 0. The number of ether oxygens (including phenoxy) is 2. The highest BCUT2D eigenvalue weighted by Crippen LogP contribution is 2.44. The quantitative estimate of drug-likeness (QED) is 0.332. The lowest BCUT2D eigenvalue weighted by atomic mass is 9.89. The summed E-state index contributed by atoms with van der Waals surface area (Å²) in [6.07, 6.45) is 13.7. The third-order valence-corrected chi connectivity index (χ3v) is 7.04. The Labute approximate surface area is 208 Å². The van der Waals surface area contributed by atoms with Crippen molar-refractivity contribution < 1.29 is 19.1 Å². The summed E-state index contributed by atoms with van der Waals surface area (Å²) in [6, 6.07) is 16.3. The van der Waals surface area contributed by atoms with Gasteiger partial charge in [0.25, 0.3) is 0 Å². The van der Waals surface area contributed by atoms with E-state index in [1.165, 1.54) is 44.9 Å². The Balaban J connectivity index is 1.11. The number of fused-ring (bicyclic) bond motifs is 3. The maximum Gasteiger partial charge on any atom is 0.309 e. The van der Waals surface area contributed by atoms with E-state index in [2.05, 4.69) is 29.6 Å². The fourth-order valence-corrected chi connectivity index (χ4v) is 5.16. The van der Waals surface area contributed by atoms with E-state index < -0.39 is 0 Å². The molecule has 2 aromatic carbocycles. The van der Waals surface area contributed by atoms with Crippen molar-refractivity contribution in [1.82, 2.24) is 5.32 Å². The molecule has 1 saturated carbocycles. The number of nitrogens with one attached hydrogen (secondary N) is 1. The van der Waals surface area contributed by atoms with Gasteiger partial charge < -0.3 is 14.8 Å². The van der Waals surface area contributed by atoms with Crippen molar-refractivity contribution in [2.75, 3.05) is 19.8 Å². The Morgan fingerprint density at radius 2 is 1.49 bits per heavy atom. The minimum absolute atomic E-state index is 0.0234. The zero-order valence-electron chi connectivity index (χ0n) is 20.5. The Bertz CT molecular complexity index is 961. The number of hydrogen-bond acceptors (Lipinski definition) is 4. The summed E-state index contributed by atoms with van der Waals surface area (Å²) in [5, 5.41) is 2.82. The molecule has 186 valence electrons.